The van der Waals surface area contributed by atoms with Crippen LogP contribution in [-0.2, 0) is 0 Å². The van der Waals surface area contributed by atoms with Crippen LogP contribution < -0.4 is 0 Å². The second-order valence-corrected chi connectivity index (χ2v) is 5.93. The Labute approximate surface area is 99.1 Å². The normalized spacial score (nSPS) is 33.9. The lowest BCUT2D eigenvalue weighted by molar-refractivity contribution is 0.352. The summed E-state index contributed by atoms with van der Waals surface area (Å²) in [6.07, 6.45) is 14.4. The maximum atomic E-state index is 2.50. The van der Waals surface area contributed by atoms with Crippen LogP contribution in [-0.4, -0.2) is 0 Å². The Bertz CT molecular complexity index is 406. The van der Waals surface area contributed by atoms with Gasteiger partial charge in [-0.3, -0.25) is 0 Å². The van der Waals surface area contributed by atoms with Crippen molar-refractivity contribution >= 4 is 0 Å². The van der Waals surface area contributed by atoms with E-state index < -0.39 is 0 Å². The predicted molar refractivity (Wildman–Crippen MR) is 69.3 cm³/mol. The third-order valence-electron chi connectivity index (χ3n) is 4.86. The highest BCUT2D eigenvalue weighted by Crippen LogP contribution is 2.54. The second-order valence-electron chi connectivity index (χ2n) is 5.93. The first-order valence-electron chi connectivity index (χ1n) is 6.82. The maximum Gasteiger partial charge on any atom is 0.0139 e. The molecule has 0 heteroatoms. The molecule has 3 aliphatic rings. The van der Waals surface area contributed by atoms with Crippen molar-refractivity contribution in [3.8, 4) is 0 Å². The third kappa shape index (κ3) is 1.35. The zero-order valence-corrected chi connectivity index (χ0v) is 10.6. The molecule has 86 valence electrons. The van der Waals surface area contributed by atoms with Crippen molar-refractivity contribution in [1.82, 2.24) is 0 Å². The van der Waals surface area contributed by atoms with Crippen molar-refractivity contribution in [2.75, 3.05) is 0 Å². The largest absolute Gasteiger partial charge is 0.0689 e. The van der Waals surface area contributed by atoms with Crippen LogP contribution in [0.2, 0.25) is 0 Å². The topological polar surface area (TPSA) is 0 Å². The van der Waals surface area contributed by atoms with Crippen LogP contribution in [0.5, 0.6) is 0 Å². The quantitative estimate of drug-likeness (QED) is 0.536. The maximum absolute atomic E-state index is 2.50. The first-order chi connectivity index (χ1) is 7.72. The summed E-state index contributed by atoms with van der Waals surface area (Å²) >= 11 is 0. The van der Waals surface area contributed by atoms with Gasteiger partial charge < -0.3 is 0 Å². The fourth-order valence-corrected chi connectivity index (χ4v) is 4.04. The Hall–Kier alpha value is -0.780. The van der Waals surface area contributed by atoms with Crippen LogP contribution >= 0.6 is 0 Å². The smallest absolute Gasteiger partial charge is 0.0139 e. The Morgan fingerprint density at radius 1 is 1.00 bits per heavy atom. The zero-order chi connectivity index (χ0) is 11.2. The molecule has 3 rings (SSSR count). The SMILES string of the molecule is CC1=C2C(=CC=C3CCCC[C@@]32C)CCC1. The van der Waals surface area contributed by atoms with E-state index in [4.69, 9.17) is 0 Å². The van der Waals surface area contributed by atoms with Crippen molar-refractivity contribution in [3.05, 3.63) is 34.4 Å². The first-order valence-corrected chi connectivity index (χ1v) is 6.82. The van der Waals surface area contributed by atoms with Gasteiger partial charge in [-0.25, -0.2) is 0 Å². The summed E-state index contributed by atoms with van der Waals surface area (Å²) in [5.74, 6) is 0. The van der Waals surface area contributed by atoms with Crippen molar-refractivity contribution in [3.63, 3.8) is 0 Å². The van der Waals surface area contributed by atoms with E-state index in [1.807, 2.05) is 0 Å². The molecule has 1 saturated carbocycles. The molecule has 0 aromatic rings. The molecular weight excluding hydrogens is 192 g/mol. The van der Waals surface area contributed by atoms with Crippen LogP contribution in [0.25, 0.3) is 0 Å². The van der Waals surface area contributed by atoms with Crippen molar-refractivity contribution in [2.45, 2.75) is 58.8 Å². The van der Waals surface area contributed by atoms with Crippen molar-refractivity contribution in [2.24, 2.45) is 5.41 Å². The van der Waals surface area contributed by atoms with Crippen LogP contribution in [0.1, 0.15) is 58.8 Å². The molecule has 1 fully saturated rings. The lowest BCUT2D eigenvalue weighted by atomic mass is 9.60. The van der Waals surface area contributed by atoms with Gasteiger partial charge in [-0.2, -0.15) is 0 Å². The molecule has 0 N–H and O–H groups in total. The molecule has 1 atom stereocenters. The summed E-state index contributed by atoms with van der Waals surface area (Å²) in [5.41, 5.74) is 7.17. The van der Waals surface area contributed by atoms with Crippen LogP contribution in [0.15, 0.2) is 34.4 Å². The summed E-state index contributed by atoms with van der Waals surface area (Å²) in [6.45, 7) is 4.86. The summed E-state index contributed by atoms with van der Waals surface area (Å²) in [5, 5.41) is 0. The van der Waals surface area contributed by atoms with Crippen molar-refractivity contribution < 1.29 is 0 Å². The highest BCUT2D eigenvalue weighted by atomic mass is 14.4. The van der Waals surface area contributed by atoms with Gasteiger partial charge in [0.25, 0.3) is 0 Å². The lowest BCUT2D eigenvalue weighted by Gasteiger charge is -2.44. The monoisotopic (exact) mass is 214 g/mol. The van der Waals surface area contributed by atoms with Gasteiger partial charge in [0, 0.05) is 5.41 Å². The molecule has 0 bridgehead atoms. The van der Waals surface area contributed by atoms with Gasteiger partial charge in [-0.15, -0.1) is 0 Å². The fourth-order valence-electron chi connectivity index (χ4n) is 4.04. The number of hydrogen-bond donors (Lipinski definition) is 0. The molecule has 3 aliphatic carbocycles. The number of fused-ring (bicyclic) bond motifs is 3. The van der Waals surface area contributed by atoms with Gasteiger partial charge in [-0.1, -0.05) is 36.6 Å². The molecule has 0 heterocycles. The summed E-state index contributed by atoms with van der Waals surface area (Å²) < 4.78 is 0. The van der Waals surface area contributed by atoms with Crippen LogP contribution in [0, 0.1) is 5.41 Å². The van der Waals surface area contributed by atoms with E-state index in [1.165, 1.54) is 44.9 Å². The molecule has 0 aromatic heterocycles. The summed E-state index contributed by atoms with van der Waals surface area (Å²) in [7, 11) is 0. The van der Waals surface area contributed by atoms with Crippen molar-refractivity contribution in [1.29, 1.82) is 0 Å². The van der Waals surface area contributed by atoms with Crippen LogP contribution in [0.4, 0.5) is 0 Å². The number of rotatable bonds is 0. The molecule has 0 unspecified atom stereocenters. The average molecular weight is 214 g/mol. The van der Waals surface area contributed by atoms with E-state index in [0.29, 0.717) is 5.41 Å². The van der Waals surface area contributed by atoms with E-state index in [2.05, 4.69) is 26.0 Å². The lowest BCUT2D eigenvalue weighted by Crippen LogP contribution is -2.30. The first kappa shape index (κ1) is 10.4. The van der Waals surface area contributed by atoms with E-state index in [9.17, 15) is 0 Å². The summed E-state index contributed by atoms with van der Waals surface area (Å²) in [4.78, 5) is 0. The predicted octanol–water partition coefficient (Wildman–Crippen LogP) is 4.93. The molecule has 0 aliphatic heterocycles. The zero-order valence-electron chi connectivity index (χ0n) is 10.6. The van der Waals surface area contributed by atoms with E-state index >= 15 is 0 Å². The Balaban J connectivity index is 2.14. The second kappa shape index (κ2) is 3.61. The van der Waals surface area contributed by atoms with Gasteiger partial charge in [0.15, 0.2) is 0 Å². The molecular formula is C16H22. The van der Waals surface area contributed by atoms with E-state index in [-0.39, 0.29) is 0 Å². The summed E-state index contributed by atoms with van der Waals surface area (Å²) in [6, 6.07) is 0. The number of hydrogen-bond acceptors (Lipinski definition) is 0. The average Bonchev–Trinajstić information content (AvgIpc) is 2.28. The van der Waals surface area contributed by atoms with Gasteiger partial charge >= 0.3 is 0 Å². The van der Waals surface area contributed by atoms with E-state index in [1.54, 1.807) is 22.3 Å². The molecule has 0 saturated heterocycles. The van der Waals surface area contributed by atoms with Gasteiger partial charge in [0.05, 0.1) is 0 Å². The molecule has 0 spiro atoms. The standard InChI is InChI=1S/C16H22/c1-12-6-5-7-13-9-10-14-8-3-4-11-16(14,2)15(12)13/h9-10H,3-8,11H2,1-2H3/t16-/m0/s1. The molecule has 0 radical (unpaired) electrons. The molecule has 0 nitrogen and oxygen atoms in total. The van der Waals surface area contributed by atoms with E-state index in [0.717, 1.165) is 0 Å². The van der Waals surface area contributed by atoms with Crippen LogP contribution in [0.3, 0.4) is 0 Å². The van der Waals surface area contributed by atoms with Gasteiger partial charge in [0.2, 0.25) is 0 Å². The highest BCUT2D eigenvalue weighted by molar-refractivity contribution is 5.52. The minimum Gasteiger partial charge on any atom is -0.0689 e. The highest BCUT2D eigenvalue weighted by Gasteiger charge is 2.39. The third-order valence-corrected chi connectivity index (χ3v) is 4.86. The fraction of sp³-hybridized carbons (Fsp3) is 0.625. The molecule has 16 heavy (non-hydrogen) atoms. The Morgan fingerprint density at radius 3 is 2.75 bits per heavy atom. The Morgan fingerprint density at radius 2 is 1.88 bits per heavy atom. The number of allylic oxidation sites excluding steroid dienone is 6. The molecule has 0 amide bonds. The minimum atomic E-state index is 0.410. The van der Waals surface area contributed by atoms with Gasteiger partial charge in [-0.05, 0) is 56.6 Å². The van der Waals surface area contributed by atoms with Gasteiger partial charge in [0.1, 0.15) is 0 Å². The Kier molecular flexibility index (Phi) is 2.34. The minimum absolute atomic E-state index is 0.410. The molecule has 0 aromatic carbocycles.